The van der Waals surface area contributed by atoms with E-state index in [2.05, 4.69) is 0 Å². The molecule has 1 unspecified atom stereocenters. The Balaban J connectivity index is 2.12. The Hall–Kier alpha value is 0.630. The van der Waals surface area contributed by atoms with E-state index in [1.54, 1.807) is 10.8 Å². The van der Waals surface area contributed by atoms with Crippen LogP contribution in [0.2, 0.25) is 0 Å². The van der Waals surface area contributed by atoms with Crippen molar-refractivity contribution in [2.75, 3.05) is 5.75 Å². The molecule has 0 aromatic heterocycles. The van der Waals surface area contributed by atoms with Crippen LogP contribution >= 0.6 is 21.6 Å². The first kappa shape index (κ1) is 5.76. The van der Waals surface area contributed by atoms with E-state index in [1.165, 1.54) is 10.8 Å². The molecule has 1 rings (SSSR count). The largest absolute Gasteiger partial charge is 0.235 e. The van der Waals surface area contributed by atoms with Gasteiger partial charge in [0.25, 0.3) is 0 Å². The minimum absolute atomic E-state index is 0.584. The molecule has 1 heterocycles. The normalized spacial score (nSPS) is 33.0. The second-order valence-corrected chi connectivity index (χ2v) is 4.10. The molecule has 0 amide bonds. The first-order valence-corrected chi connectivity index (χ1v) is 4.70. The van der Waals surface area contributed by atoms with Crippen LogP contribution in [0.5, 0.6) is 0 Å². The summed E-state index contributed by atoms with van der Waals surface area (Å²) in [5.41, 5.74) is -0.584. The van der Waals surface area contributed by atoms with Crippen molar-refractivity contribution in [3.8, 4) is 0 Å². The molecule has 1 fully saturated rings. The summed E-state index contributed by atoms with van der Waals surface area (Å²) in [6.45, 7) is 0. The van der Waals surface area contributed by atoms with Gasteiger partial charge in [0.2, 0.25) is 0 Å². The van der Waals surface area contributed by atoms with Gasteiger partial charge in [-0.05, 0) is 12.8 Å². The highest BCUT2D eigenvalue weighted by atomic mass is 33.1. The highest BCUT2D eigenvalue weighted by Crippen LogP contribution is 2.35. The Bertz CT molecular complexity index is 51.7. The lowest BCUT2D eigenvalue weighted by atomic mass is 10.4. The number of rotatable bonds is 0. The van der Waals surface area contributed by atoms with Gasteiger partial charge in [-0.15, -0.1) is 0 Å². The van der Waals surface area contributed by atoms with Crippen LogP contribution in [0.4, 0.5) is 4.39 Å². The zero-order valence-corrected chi connectivity index (χ0v) is 5.53. The second kappa shape index (κ2) is 2.82. The molecule has 0 nitrogen and oxygen atoms in total. The standard InChI is InChI=1S/C4H7FS2/c5-4-2-1-3-6-7-4/h4H,1-3H2. The molecule has 1 saturated heterocycles. The first-order chi connectivity index (χ1) is 3.39. The van der Waals surface area contributed by atoms with Crippen LogP contribution in [-0.4, -0.2) is 11.3 Å². The zero-order valence-electron chi connectivity index (χ0n) is 3.89. The summed E-state index contributed by atoms with van der Waals surface area (Å²) in [5, 5.41) is 0. The average molecular weight is 138 g/mol. The van der Waals surface area contributed by atoms with E-state index in [9.17, 15) is 4.39 Å². The van der Waals surface area contributed by atoms with E-state index >= 15 is 0 Å². The lowest BCUT2D eigenvalue weighted by Crippen LogP contribution is -1.97. The van der Waals surface area contributed by atoms with Gasteiger partial charge < -0.3 is 0 Å². The molecular weight excluding hydrogens is 131 g/mol. The molecule has 0 aromatic rings. The van der Waals surface area contributed by atoms with Gasteiger partial charge in [0.05, 0.1) is 0 Å². The van der Waals surface area contributed by atoms with Gasteiger partial charge in [-0.25, -0.2) is 4.39 Å². The Morgan fingerprint density at radius 2 is 2.43 bits per heavy atom. The Morgan fingerprint density at radius 3 is 2.71 bits per heavy atom. The van der Waals surface area contributed by atoms with Crippen molar-refractivity contribution in [1.29, 1.82) is 0 Å². The molecule has 0 N–H and O–H groups in total. The Kier molecular flexibility index (Phi) is 2.32. The molecule has 42 valence electrons. The fraction of sp³-hybridized carbons (Fsp3) is 1.00. The Labute approximate surface area is 50.6 Å². The molecule has 1 atom stereocenters. The molecule has 0 aliphatic carbocycles. The highest BCUT2D eigenvalue weighted by molar-refractivity contribution is 8.76. The van der Waals surface area contributed by atoms with Crippen LogP contribution in [0.3, 0.4) is 0 Å². The molecule has 1 aliphatic rings. The van der Waals surface area contributed by atoms with Gasteiger partial charge in [-0.1, -0.05) is 21.6 Å². The fourth-order valence-electron chi connectivity index (χ4n) is 0.473. The van der Waals surface area contributed by atoms with Crippen molar-refractivity contribution < 1.29 is 4.39 Å². The van der Waals surface area contributed by atoms with Crippen molar-refractivity contribution in [1.82, 2.24) is 0 Å². The SMILES string of the molecule is FC1CCCSS1. The van der Waals surface area contributed by atoms with Gasteiger partial charge in [0.15, 0.2) is 5.50 Å². The van der Waals surface area contributed by atoms with Crippen molar-refractivity contribution in [3.05, 3.63) is 0 Å². The maximum atomic E-state index is 12.1. The van der Waals surface area contributed by atoms with Gasteiger partial charge >= 0.3 is 0 Å². The molecule has 0 radical (unpaired) electrons. The summed E-state index contributed by atoms with van der Waals surface area (Å²) in [4.78, 5) is 0. The minimum atomic E-state index is -0.584. The fourth-order valence-corrected chi connectivity index (χ4v) is 2.64. The summed E-state index contributed by atoms with van der Waals surface area (Å²) in [7, 11) is 3.01. The topological polar surface area (TPSA) is 0 Å². The molecule has 0 spiro atoms. The van der Waals surface area contributed by atoms with Crippen molar-refractivity contribution in [2.45, 2.75) is 18.3 Å². The van der Waals surface area contributed by atoms with Crippen LogP contribution < -0.4 is 0 Å². The van der Waals surface area contributed by atoms with E-state index in [1.807, 2.05) is 0 Å². The minimum Gasteiger partial charge on any atom is -0.235 e. The molecule has 1 aliphatic heterocycles. The van der Waals surface area contributed by atoms with Gasteiger partial charge in [0.1, 0.15) is 0 Å². The van der Waals surface area contributed by atoms with E-state index in [0.29, 0.717) is 0 Å². The Morgan fingerprint density at radius 1 is 1.57 bits per heavy atom. The van der Waals surface area contributed by atoms with Crippen LogP contribution in [0.15, 0.2) is 0 Å². The lowest BCUT2D eigenvalue weighted by Gasteiger charge is -2.11. The third kappa shape index (κ3) is 1.91. The molecule has 0 saturated carbocycles. The number of halogens is 1. The monoisotopic (exact) mass is 138 g/mol. The second-order valence-electron chi connectivity index (χ2n) is 1.47. The molecular formula is C4H7FS2. The number of alkyl halides is 1. The molecule has 0 aromatic carbocycles. The van der Waals surface area contributed by atoms with Crippen molar-refractivity contribution in [2.24, 2.45) is 0 Å². The van der Waals surface area contributed by atoms with Crippen molar-refractivity contribution >= 4 is 21.6 Å². The van der Waals surface area contributed by atoms with E-state index in [-0.39, 0.29) is 0 Å². The maximum Gasteiger partial charge on any atom is 0.155 e. The first-order valence-electron chi connectivity index (χ1n) is 2.32. The van der Waals surface area contributed by atoms with Crippen LogP contribution in [0.25, 0.3) is 0 Å². The van der Waals surface area contributed by atoms with E-state index < -0.39 is 5.50 Å². The third-order valence-electron chi connectivity index (χ3n) is 0.831. The zero-order chi connectivity index (χ0) is 5.11. The summed E-state index contributed by atoms with van der Waals surface area (Å²) >= 11 is 0. The summed E-state index contributed by atoms with van der Waals surface area (Å²) in [6, 6.07) is 0. The number of hydrogen-bond donors (Lipinski definition) is 0. The lowest BCUT2D eigenvalue weighted by molar-refractivity contribution is 0.428. The predicted molar refractivity (Wildman–Crippen MR) is 34.2 cm³/mol. The molecule has 7 heavy (non-hydrogen) atoms. The predicted octanol–water partition coefficient (Wildman–Crippen LogP) is 2.46. The van der Waals surface area contributed by atoms with Gasteiger partial charge in [0, 0.05) is 5.75 Å². The third-order valence-corrected chi connectivity index (χ3v) is 3.40. The molecule has 3 heteroatoms. The van der Waals surface area contributed by atoms with Crippen LogP contribution in [-0.2, 0) is 0 Å². The van der Waals surface area contributed by atoms with Crippen LogP contribution in [0, 0.1) is 0 Å². The van der Waals surface area contributed by atoms with E-state index in [4.69, 9.17) is 0 Å². The molecule has 0 bridgehead atoms. The summed E-state index contributed by atoms with van der Waals surface area (Å²) < 4.78 is 12.1. The summed E-state index contributed by atoms with van der Waals surface area (Å²) in [5.74, 6) is 1.13. The van der Waals surface area contributed by atoms with E-state index in [0.717, 1.165) is 18.6 Å². The highest BCUT2D eigenvalue weighted by Gasteiger charge is 2.11. The smallest absolute Gasteiger partial charge is 0.155 e. The average Bonchev–Trinajstić information content (AvgIpc) is 1.69. The number of hydrogen-bond acceptors (Lipinski definition) is 2. The summed E-state index contributed by atoms with van der Waals surface area (Å²) in [6.07, 6.45) is 1.82. The maximum absolute atomic E-state index is 12.1. The van der Waals surface area contributed by atoms with Gasteiger partial charge in [-0.2, -0.15) is 0 Å². The van der Waals surface area contributed by atoms with Crippen molar-refractivity contribution in [3.63, 3.8) is 0 Å². The van der Waals surface area contributed by atoms with Gasteiger partial charge in [-0.3, -0.25) is 0 Å². The quantitative estimate of drug-likeness (QED) is 0.472. The van der Waals surface area contributed by atoms with Crippen LogP contribution in [0.1, 0.15) is 12.8 Å².